The van der Waals surface area contributed by atoms with Crippen molar-refractivity contribution in [1.29, 1.82) is 0 Å². The Morgan fingerprint density at radius 2 is 2.05 bits per heavy atom. The second kappa shape index (κ2) is 7.16. The quantitative estimate of drug-likeness (QED) is 0.687. The van der Waals surface area contributed by atoms with Crippen LogP contribution >= 0.6 is 0 Å². The lowest BCUT2D eigenvalue weighted by Crippen LogP contribution is -2.47. The molecule has 1 saturated carbocycles. The number of carbonyl (C=O) groups excluding carboxylic acids is 1. The van der Waals surface area contributed by atoms with Crippen LogP contribution in [0.2, 0.25) is 0 Å². The number of hydrogen-bond donors (Lipinski definition) is 1. The molecule has 0 saturated heterocycles. The van der Waals surface area contributed by atoms with Gasteiger partial charge in [0.05, 0.1) is 0 Å². The van der Waals surface area contributed by atoms with Crippen LogP contribution in [0.15, 0.2) is 12.7 Å². The Morgan fingerprint density at radius 1 is 1.42 bits per heavy atom. The molecule has 2 amide bonds. The maximum Gasteiger partial charge on any atom is 0.320 e. The molecule has 1 N–H and O–H groups in total. The van der Waals surface area contributed by atoms with E-state index in [4.69, 9.17) is 5.11 Å². The maximum atomic E-state index is 12.5. The first-order valence-corrected chi connectivity index (χ1v) is 6.87. The zero-order valence-corrected chi connectivity index (χ0v) is 11.8. The molecule has 0 unspecified atom stereocenters. The van der Waals surface area contributed by atoms with E-state index in [0.717, 1.165) is 12.8 Å². The summed E-state index contributed by atoms with van der Waals surface area (Å²) in [6, 6.07) is 0.418. The predicted octanol–water partition coefficient (Wildman–Crippen LogP) is 2.33. The van der Waals surface area contributed by atoms with Gasteiger partial charge in [-0.15, -0.1) is 6.58 Å². The van der Waals surface area contributed by atoms with Crippen LogP contribution in [-0.4, -0.2) is 52.1 Å². The molecule has 1 aliphatic rings. The van der Waals surface area contributed by atoms with Gasteiger partial charge in [-0.1, -0.05) is 6.08 Å². The largest absolute Gasteiger partial charge is 0.481 e. The molecule has 0 aromatic rings. The fourth-order valence-electron chi connectivity index (χ4n) is 2.05. The Balaban J connectivity index is 2.59. The average Bonchev–Trinajstić information content (AvgIpc) is 3.14. The van der Waals surface area contributed by atoms with Crippen molar-refractivity contribution in [2.24, 2.45) is 0 Å². The number of nitrogens with zero attached hydrogens (tertiary/aromatic N) is 2. The van der Waals surface area contributed by atoms with Crippen molar-refractivity contribution in [2.75, 3.05) is 13.1 Å². The normalized spacial score (nSPS) is 14.3. The third kappa shape index (κ3) is 4.93. The van der Waals surface area contributed by atoms with Gasteiger partial charge in [-0.25, -0.2) is 4.79 Å². The summed E-state index contributed by atoms with van der Waals surface area (Å²) < 4.78 is 0. The molecule has 5 nitrogen and oxygen atoms in total. The smallest absolute Gasteiger partial charge is 0.320 e. The van der Waals surface area contributed by atoms with Crippen molar-refractivity contribution < 1.29 is 14.7 Å². The number of rotatable bonds is 8. The van der Waals surface area contributed by atoms with Crippen molar-refractivity contribution in [1.82, 2.24) is 9.80 Å². The van der Waals surface area contributed by atoms with E-state index in [-0.39, 0.29) is 18.5 Å². The van der Waals surface area contributed by atoms with Crippen molar-refractivity contribution in [3.63, 3.8) is 0 Å². The number of carbonyl (C=O) groups is 2. The zero-order valence-electron chi connectivity index (χ0n) is 11.8. The van der Waals surface area contributed by atoms with Crippen molar-refractivity contribution in [2.45, 2.75) is 51.6 Å². The molecule has 0 spiro atoms. The van der Waals surface area contributed by atoms with Crippen LogP contribution in [0.1, 0.15) is 39.5 Å². The number of amides is 2. The van der Waals surface area contributed by atoms with E-state index >= 15 is 0 Å². The van der Waals surface area contributed by atoms with Crippen LogP contribution in [0.5, 0.6) is 0 Å². The van der Waals surface area contributed by atoms with Gasteiger partial charge in [0.2, 0.25) is 0 Å². The molecule has 1 aliphatic carbocycles. The molecule has 5 heteroatoms. The minimum absolute atomic E-state index is 0.00258. The first kappa shape index (κ1) is 15.5. The van der Waals surface area contributed by atoms with E-state index in [9.17, 15) is 9.59 Å². The van der Waals surface area contributed by atoms with Crippen LogP contribution in [0.3, 0.4) is 0 Å². The fraction of sp³-hybridized carbons (Fsp3) is 0.714. The highest BCUT2D eigenvalue weighted by atomic mass is 16.4. The van der Waals surface area contributed by atoms with Gasteiger partial charge in [0.1, 0.15) is 0 Å². The Labute approximate surface area is 114 Å². The van der Waals surface area contributed by atoms with Gasteiger partial charge in [-0.3, -0.25) is 4.79 Å². The van der Waals surface area contributed by atoms with E-state index in [1.165, 1.54) is 0 Å². The summed E-state index contributed by atoms with van der Waals surface area (Å²) in [4.78, 5) is 26.6. The molecule has 1 rings (SSSR count). The fourth-order valence-corrected chi connectivity index (χ4v) is 2.05. The van der Waals surface area contributed by atoms with Gasteiger partial charge < -0.3 is 14.9 Å². The molecule has 0 aromatic heterocycles. The monoisotopic (exact) mass is 268 g/mol. The lowest BCUT2D eigenvalue weighted by molar-refractivity contribution is -0.137. The molecular formula is C14H24N2O3. The Bertz CT molecular complexity index is 338. The first-order valence-electron chi connectivity index (χ1n) is 6.87. The van der Waals surface area contributed by atoms with E-state index in [1.54, 1.807) is 11.0 Å². The third-order valence-corrected chi connectivity index (χ3v) is 3.22. The number of hydrogen-bond acceptors (Lipinski definition) is 2. The van der Waals surface area contributed by atoms with Gasteiger partial charge in [0, 0.05) is 31.6 Å². The topological polar surface area (TPSA) is 60.9 Å². The lowest BCUT2D eigenvalue weighted by Gasteiger charge is -2.33. The molecule has 108 valence electrons. The SMILES string of the molecule is C=CCN(C(=O)N(CCCC(=O)O)C(C)C)C1CC1. The first-order chi connectivity index (χ1) is 8.97. The van der Waals surface area contributed by atoms with Crippen LogP contribution < -0.4 is 0 Å². The highest BCUT2D eigenvalue weighted by molar-refractivity contribution is 5.75. The summed E-state index contributed by atoms with van der Waals surface area (Å²) >= 11 is 0. The van der Waals surface area contributed by atoms with E-state index < -0.39 is 5.97 Å². The molecule has 0 atom stereocenters. The van der Waals surface area contributed by atoms with E-state index in [0.29, 0.717) is 25.6 Å². The molecular weight excluding hydrogens is 244 g/mol. The van der Waals surface area contributed by atoms with Crippen LogP contribution in [0, 0.1) is 0 Å². The number of urea groups is 1. The van der Waals surface area contributed by atoms with Crippen molar-refractivity contribution >= 4 is 12.0 Å². The van der Waals surface area contributed by atoms with Gasteiger partial charge in [0.15, 0.2) is 0 Å². The summed E-state index contributed by atoms with van der Waals surface area (Å²) in [5.74, 6) is -0.818. The number of aliphatic carboxylic acids is 1. The summed E-state index contributed by atoms with van der Waals surface area (Å²) in [6.07, 6.45) is 4.44. The Kier molecular flexibility index (Phi) is 5.86. The molecule has 19 heavy (non-hydrogen) atoms. The Hall–Kier alpha value is -1.52. The van der Waals surface area contributed by atoms with Crippen molar-refractivity contribution in [3.8, 4) is 0 Å². The molecule has 0 radical (unpaired) electrons. The summed E-state index contributed by atoms with van der Waals surface area (Å²) in [5.41, 5.74) is 0. The van der Waals surface area contributed by atoms with Gasteiger partial charge in [0.25, 0.3) is 0 Å². The molecule has 1 fully saturated rings. The minimum Gasteiger partial charge on any atom is -0.481 e. The highest BCUT2D eigenvalue weighted by Crippen LogP contribution is 2.28. The van der Waals surface area contributed by atoms with E-state index in [1.807, 2.05) is 18.7 Å². The number of carboxylic acids is 1. The second-order valence-corrected chi connectivity index (χ2v) is 5.24. The van der Waals surface area contributed by atoms with Crippen LogP contribution in [-0.2, 0) is 4.79 Å². The molecule has 0 bridgehead atoms. The van der Waals surface area contributed by atoms with Crippen molar-refractivity contribution in [3.05, 3.63) is 12.7 Å². The molecule has 0 heterocycles. The lowest BCUT2D eigenvalue weighted by atomic mass is 10.2. The Morgan fingerprint density at radius 3 is 2.47 bits per heavy atom. The summed E-state index contributed by atoms with van der Waals surface area (Å²) in [7, 11) is 0. The van der Waals surface area contributed by atoms with E-state index in [2.05, 4.69) is 6.58 Å². The average molecular weight is 268 g/mol. The van der Waals surface area contributed by atoms with Gasteiger partial charge in [-0.2, -0.15) is 0 Å². The second-order valence-electron chi connectivity index (χ2n) is 5.24. The van der Waals surface area contributed by atoms with Crippen LogP contribution in [0.4, 0.5) is 4.79 Å². The molecule has 0 aliphatic heterocycles. The molecule has 0 aromatic carbocycles. The van der Waals surface area contributed by atoms with Crippen LogP contribution in [0.25, 0.3) is 0 Å². The highest BCUT2D eigenvalue weighted by Gasteiger charge is 2.34. The number of carboxylic acid groups (broad SMARTS) is 1. The van der Waals surface area contributed by atoms with Gasteiger partial charge >= 0.3 is 12.0 Å². The third-order valence-electron chi connectivity index (χ3n) is 3.22. The zero-order chi connectivity index (χ0) is 14.4. The minimum atomic E-state index is -0.818. The summed E-state index contributed by atoms with van der Waals surface area (Å²) in [5, 5.41) is 8.67. The van der Waals surface area contributed by atoms with Gasteiger partial charge in [-0.05, 0) is 33.1 Å². The maximum absolute atomic E-state index is 12.5. The standard InChI is InChI=1S/C14H24N2O3/c1-4-9-16(12-7-8-12)14(19)15(11(2)3)10-5-6-13(17)18/h4,11-12H,1,5-10H2,2-3H3,(H,17,18). The summed E-state index contributed by atoms with van der Waals surface area (Å²) in [6.45, 7) is 8.65. The predicted molar refractivity (Wildman–Crippen MR) is 74.0 cm³/mol.